The van der Waals surface area contributed by atoms with Crippen molar-refractivity contribution in [1.29, 1.82) is 0 Å². The second kappa shape index (κ2) is 3.75. The molecule has 1 aromatic rings. The van der Waals surface area contributed by atoms with E-state index in [-0.39, 0.29) is 7.43 Å². The van der Waals surface area contributed by atoms with Crippen LogP contribution in [-0.4, -0.2) is 9.12 Å². The van der Waals surface area contributed by atoms with Gasteiger partial charge in [-0.3, -0.25) is 0 Å². The predicted octanol–water partition coefficient (Wildman–Crippen LogP) is 1.39. The molecule has 1 aromatic heterocycles. The van der Waals surface area contributed by atoms with E-state index in [1.54, 1.807) is 0 Å². The summed E-state index contributed by atoms with van der Waals surface area (Å²) in [7, 11) is 0.513. The van der Waals surface area contributed by atoms with Crippen LogP contribution in [0.2, 0.25) is 0 Å². The molecule has 0 bridgehead atoms. The molecule has 0 atom stereocenters. The zero-order valence-electron chi connectivity index (χ0n) is 3.46. The standard InChI is InChI=1S/C5H6Si.CH4/c1-2-4-6-5-3-1;/h1-6H;1H4. The van der Waals surface area contributed by atoms with Crippen LogP contribution in [0.15, 0.2) is 29.6 Å². The summed E-state index contributed by atoms with van der Waals surface area (Å²) in [5.41, 5.74) is 4.42. The molecule has 0 unspecified atom stereocenters. The van der Waals surface area contributed by atoms with Crippen LogP contribution >= 0.6 is 0 Å². The van der Waals surface area contributed by atoms with Crippen molar-refractivity contribution in [2.75, 3.05) is 0 Å². The Labute approximate surface area is 46.9 Å². The van der Waals surface area contributed by atoms with Crippen molar-refractivity contribution in [2.45, 2.75) is 7.43 Å². The van der Waals surface area contributed by atoms with Gasteiger partial charge in [0.1, 0.15) is 0 Å². The Hall–Kier alpha value is -0.433. The van der Waals surface area contributed by atoms with Gasteiger partial charge in [-0.2, -0.15) is 0 Å². The van der Waals surface area contributed by atoms with Gasteiger partial charge in [0.25, 0.3) is 0 Å². The van der Waals surface area contributed by atoms with Gasteiger partial charge in [-0.05, 0) is 0 Å². The van der Waals surface area contributed by atoms with Gasteiger partial charge in [-0.1, -0.05) is 37.0 Å². The van der Waals surface area contributed by atoms with Gasteiger partial charge in [0.2, 0.25) is 0 Å². The van der Waals surface area contributed by atoms with E-state index in [2.05, 4.69) is 29.6 Å². The first kappa shape index (κ1) is 6.57. The summed E-state index contributed by atoms with van der Waals surface area (Å²) in [4.78, 5) is 0. The maximum absolute atomic E-state index is 2.21. The van der Waals surface area contributed by atoms with Crippen molar-refractivity contribution in [3.63, 3.8) is 0 Å². The molecule has 0 saturated carbocycles. The zero-order chi connectivity index (χ0) is 4.24. The van der Waals surface area contributed by atoms with Crippen molar-refractivity contribution in [1.82, 2.24) is 0 Å². The monoisotopic (exact) mass is 110 g/mol. The molecule has 0 aliphatic heterocycles. The molecule has 0 radical (unpaired) electrons. The predicted molar refractivity (Wildman–Crippen MR) is 35.9 cm³/mol. The summed E-state index contributed by atoms with van der Waals surface area (Å²) in [5, 5.41) is 0. The van der Waals surface area contributed by atoms with E-state index in [1.807, 2.05) is 0 Å². The first-order chi connectivity index (χ1) is 3.00. The molecule has 0 spiro atoms. The molecule has 0 saturated heterocycles. The first-order valence-corrected chi connectivity index (χ1v) is 3.33. The topological polar surface area (TPSA) is 0 Å². The Bertz CT molecular complexity index is 76.1. The lowest BCUT2D eigenvalue weighted by Crippen LogP contribution is -1.60. The van der Waals surface area contributed by atoms with Crippen LogP contribution in [0.3, 0.4) is 0 Å². The van der Waals surface area contributed by atoms with Gasteiger partial charge in [0, 0.05) is 9.12 Å². The quantitative estimate of drug-likeness (QED) is 0.443. The number of hydrogen-bond donors (Lipinski definition) is 0. The van der Waals surface area contributed by atoms with Gasteiger partial charge < -0.3 is 0 Å². The van der Waals surface area contributed by atoms with E-state index in [9.17, 15) is 0 Å². The summed E-state index contributed by atoms with van der Waals surface area (Å²) < 4.78 is 0. The lowest BCUT2D eigenvalue weighted by Gasteiger charge is -1.69. The van der Waals surface area contributed by atoms with Gasteiger partial charge in [-0.25, -0.2) is 0 Å². The molecule has 38 valence electrons. The fourth-order valence-corrected chi connectivity index (χ4v) is 1.03. The first-order valence-electron chi connectivity index (χ1n) is 2.00. The van der Waals surface area contributed by atoms with E-state index in [0.29, 0.717) is 9.12 Å². The minimum atomic E-state index is 0. The number of rotatable bonds is 0. The van der Waals surface area contributed by atoms with Crippen molar-refractivity contribution in [3.05, 3.63) is 29.6 Å². The van der Waals surface area contributed by atoms with Gasteiger partial charge in [-0.15, -0.1) is 0 Å². The molecule has 0 fully saturated rings. The molecule has 7 heavy (non-hydrogen) atoms. The van der Waals surface area contributed by atoms with Crippen LogP contribution in [0.5, 0.6) is 0 Å². The molecule has 1 rings (SSSR count). The molecule has 1 heterocycles. The van der Waals surface area contributed by atoms with Crippen LogP contribution in [0.25, 0.3) is 0 Å². The Morgan fingerprint density at radius 2 is 1.43 bits per heavy atom. The Morgan fingerprint density at radius 1 is 0.857 bits per heavy atom. The smallest absolute Gasteiger partial charge is 0.0198 e. The highest BCUT2D eigenvalue weighted by atomic mass is 28.2. The van der Waals surface area contributed by atoms with Crippen LogP contribution in [0.1, 0.15) is 7.43 Å². The van der Waals surface area contributed by atoms with Crippen LogP contribution in [-0.2, 0) is 0 Å². The zero-order valence-corrected chi connectivity index (χ0v) is 4.62. The Balaban J connectivity index is 0.000000360. The molecule has 0 amide bonds. The van der Waals surface area contributed by atoms with Gasteiger partial charge in [0.15, 0.2) is 0 Å². The summed E-state index contributed by atoms with van der Waals surface area (Å²) in [6, 6.07) is 6.24. The number of hydrogen-bond acceptors (Lipinski definition) is 0. The second-order valence-electron chi connectivity index (χ2n) is 1.15. The summed E-state index contributed by atoms with van der Waals surface area (Å²) in [6.07, 6.45) is 0. The van der Waals surface area contributed by atoms with Crippen molar-refractivity contribution >= 4 is 9.12 Å². The molecule has 0 N–H and O–H groups in total. The van der Waals surface area contributed by atoms with E-state index in [1.165, 1.54) is 0 Å². The summed E-state index contributed by atoms with van der Waals surface area (Å²) in [5.74, 6) is 0. The largest absolute Gasteiger partial charge is 0.0805 e. The molecular weight excluding hydrogens is 100 g/mol. The van der Waals surface area contributed by atoms with Crippen LogP contribution in [0.4, 0.5) is 0 Å². The summed E-state index contributed by atoms with van der Waals surface area (Å²) >= 11 is 0. The second-order valence-corrected chi connectivity index (χ2v) is 2.31. The average molecular weight is 110 g/mol. The minimum absolute atomic E-state index is 0. The highest BCUT2D eigenvalue weighted by Crippen LogP contribution is 1.73. The molecule has 0 aliphatic carbocycles. The fraction of sp³-hybridized carbons (Fsp3) is 0.167. The van der Waals surface area contributed by atoms with Gasteiger partial charge in [0.05, 0.1) is 0 Å². The fourth-order valence-electron chi connectivity index (χ4n) is 0.385. The average Bonchev–Trinajstić information content (AvgIpc) is 1.72. The summed E-state index contributed by atoms with van der Waals surface area (Å²) in [6.45, 7) is 0. The molecular formula is C6H10Si. The Morgan fingerprint density at radius 3 is 1.57 bits per heavy atom. The van der Waals surface area contributed by atoms with E-state index >= 15 is 0 Å². The lowest BCUT2D eigenvalue weighted by molar-refractivity contribution is 1.87. The van der Waals surface area contributed by atoms with Gasteiger partial charge >= 0.3 is 0 Å². The SMILES string of the molecule is C.c1cc[siH]cc1. The third kappa shape index (κ3) is 2.29. The van der Waals surface area contributed by atoms with Crippen molar-refractivity contribution in [2.24, 2.45) is 0 Å². The molecule has 1 heteroatoms. The molecule has 0 aromatic carbocycles. The molecule has 0 nitrogen and oxygen atoms in total. The maximum atomic E-state index is 2.21. The minimum Gasteiger partial charge on any atom is -0.0805 e. The Kier molecular flexibility index (Phi) is 3.51. The van der Waals surface area contributed by atoms with Crippen molar-refractivity contribution in [3.8, 4) is 0 Å². The lowest BCUT2D eigenvalue weighted by atomic mass is 10.6. The maximum Gasteiger partial charge on any atom is 0.0198 e. The third-order valence-electron chi connectivity index (χ3n) is 0.667. The van der Waals surface area contributed by atoms with E-state index in [0.717, 1.165) is 0 Å². The van der Waals surface area contributed by atoms with E-state index < -0.39 is 0 Å². The third-order valence-corrected chi connectivity index (χ3v) is 1.56. The highest BCUT2D eigenvalue weighted by molar-refractivity contribution is 6.26. The van der Waals surface area contributed by atoms with Crippen LogP contribution in [0, 0.1) is 0 Å². The van der Waals surface area contributed by atoms with Crippen LogP contribution < -0.4 is 0 Å². The molecule has 0 aliphatic rings. The highest BCUT2D eigenvalue weighted by Gasteiger charge is 1.58. The van der Waals surface area contributed by atoms with Crippen molar-refractivity contribution < 1.29 is 0 Å². The normalized spacial score (nSPS) is 6.86. The van der Waals surface area contributed by atoms with E-state index in [4.69, 9.17) is 0 Å².